The molecule has 0 aliphatic carbocycles. The molecule has 0 aromatic carbocycles. The number of hydrogen-bond acceptors (Lipinski definition) is 5. The summed E-state index contributed by atoms with van der Waals surface area (Å²) in [6.45, 7) is 5.89. The fourth-order valence-electron chi connectivity index (χ4n) is 3.47. The van der Waals surface area contributed by atoms with Gasteiger partial charge in [-0.2, -0.15) is 4.31 Å². The zero-order chi connectivity index (χ0) is 17.5. The van der Waals surface area contributed by atoms with Crippen LogP contribution in [0, 0.1) is 19.8 Å². The van der Waals surface area contributed by atoms with E-state index in [-0.39, 0.29) is 17.9 Å². The van der Waals surface area contributed by atoms with Gasteiger partial charge in [0.25, 0.3) is 5.91 Å². The minimum absolute atomic E-state index is 0.00945. The molecular weight excluding hydrogens is 330 g/mol. The van der Waals surface area contributed by atoms with E-state index in [4.69, 9.17) is 4.74 Å². The summed E-state index contributed by atoms with van der Waals surface area (Å²) in [7, 11) is -3.25. The molecule has 3 rings (SSSR count). The molecule has 0 bridgehead atoms. The topological polar surface area (TPSA) is 79.8 Å². The molecule has 0 saturated carbocycles. The molecule has 0 spiro atoms. The highest BCUT2D eigenvalue weighted by molar-refractivity contribution is 7.88. The quantitative estimate of drug-likeness (QED) is 0.770. The lowest BCUT2D eigenvalue weighted by molar-refractivity contribution is 0.0492. The van der Waals surface area contributed by atoms with Crippen molar-refractivity contribution in [3.05, 3.63) is 29.1 Å². The summed E-state index contributed by atoms with van der Waals surface area (Å²) in [6, 6.07) is 3.57. The predicted octanol–water partition coefficient (Wildman–Crippen LogP) is 0.431. The Morgan fingerprint density at radius 2 is 1.88 bits per heavy atom. The molecule has 8 heteroatoms. The van der Waals surface area contributed by atoms with Crippen LogP contribution in [0.2, 0.25) is 0 Å². The zero-order valence-corrected chi connectivity index (χ0v) is 15.0. The third-order valence-electron chi connectivity index (χ3n) is 4.58. The normalized spacial score (nSPS) is 25.4. The van der Waals surface area contributed by atoms with Crippen LogP contribution in [-0.2, 0) is 14.8 Å². The van der Waals surface area contributed by atoms with E-state index in [1.165, 1.54) is 10.6 Å². The lowest BCUT2D eigenvalue weighted by Crippen LogP contribution is -2.37. The summed E-state index contributed by atoms with van der Waals surface area (Å²) in [4.78, 5) is 18.8. The Morgan fingerprint density at radius 1 is 1.21 bits per heavy atom. The highest BCUT2D eigenvalue weighted by Crippen LogP contribution is 2.26. The summed E-state index contributed by atoms with van der Waals surface area (Å²) < 4.78 is 30.9. The number of likely N-dealkylation sites (tertiary alicyclic amines) is 1. The summed E-state index contributed by atoms with van der Waals surface area (Å²) in [5, 5.41) is 0. The molecule has 0 N–H and O–H groups in total. The molecule has 2 aliphatic heterocycles. The summed E-state index contributed by atoms with van der Waals surface area (Å²) in [6.07, 6.45) is 1.11. The predicted molar refractivity (Wildman–Crippen MR) is 89.3 cm³/mol. The molecule has 1 aromatic heterocycles. The number of aryl methyl sites for hydroxylation is 2. The molecule has 0 radical (unpaired) electrons. The first kappa shape index (κ1) is 17.3. The first-order valence-electron chi connectivity index (χ1n) is 8.05. The number of nitrogens with zero attached hydrogens (tertiary/aromatic N) is 3. The van der Waals surface area contributed by atoms with Gasteiger partial charge in [-0.05, 0) is 26.0 Å². The van der Waals surface area contributed by atoms with E-state index >= 15 is 0 Å². The maximum absolute atomic E-state index is 12.8. The fraction of sp³-hybridized carbons (Fsp3) is 0.625. The van der Waals surface area contributed by atoms with Crippen LogP contribution in [0.5, 0.6) is 0 Å². The molecule has 1 aromatic rings. The Kier molecular flexibility index (Phi) is 4.63. The minimum atomic E-state index is -3.25. The molecular formula is C16H23N3O4S. The van der Waals surface area contributed by atoms with Crippen LogP contribution >= 0.6 is 0 Å². The highest BCUT2D eigenvalue weighted by atomic mass is 32.2. The number of hydrogen-bond donors (Lipinski definition) is 0. The number of rotatable bonds is 2. The van der Waals surface area contributed by atoms with Crippen molar-refractivity contribution in [2.75, 3.05) is 39.0 Å². The number of carbonyl (C=O) groups is 1. The van der Waals surface area contributed by atoms with E-state index in [0.717, 1.165) is 11.4 Å². The van der Waals surface area contributed by atoms with E-state index < -0.39 is 10.0 Å². The van der Waals surface area contributed by atoms with Crippen molar-refractivity contribution in [2.24, 2.45) is 5.92 Å². The largest absolute Gasteiger partial charge is 0.375 e. The average molecular weight is 353 g/mol. The van der Waals surface area contributed by atoms with Crippen LogP contribution in [0.3, 0.4) is 0 Å². The van der Waals surface area contributed by atoms with Crippen LogP contribution in [-0.4, -0.2) is 73.7 Å². The van der Waals surface area contributed by atoms with Gasteiger partial charge in [-0.15, -0.1) is 0 Å². The van der Waals surface area contributed by atoms with Gasteiger partial charge in [0.1, 0.15) is 0 Å². The Labute approximate surface area is 142 Å². The molecule has 24 heavy (non-hydrogen) atoms. The van der Waals surface area contributed by atoms with Crippen LogP contribution in [0.4, 0.5) is 0 Å². The van der Waals surface area contributed by atoms with Gasteiger partial charge in [0.2, 0.25) is 10.0 Å². The number of fused-ring (bicyclic) bond motifs is 1. The third kappa shape index (κ3) is 3.60. The molecule has 2 fully saturated rings. The molecule has 2 saturated heterocycles. The van der Waals surface area contributed by atoms with Crippen molar-refractivity contribution in [3.63, 3.8) is 0 Å². The Bertz CT molecular complexity index is 729. The van der Waals surface area contributed by atoms with Crippen molar-refractivity contribution in [1.29, 1.82) is 0 Å². The van der Waals surface area contributed by atoms with Crippen molar-refractivity contribution in [2.45, 2.75) is 20.0 Å². The van der Waals surface area contributed by atoms with Gasteiger partial charge in [0.05, 0.1) is 19.0 Å². The second kappa shape index (κ2) is 6.42. The fourth-order valence-corrected chi connectivity index (χ4v) is 4.34. The van der Waals surface area contributed by atoms with Gasteiger partial charge < -0.3 is 9.64 Å². The van der Waals surface area contributed by atoms with Gasteiger partial charge in [0.15, 0.2) is 0 Å². The summed E-state index contributed by atoms with van der Waals surface area (Å²) >= 11 is 0. The summed E-state index contributed by atoms with van der Waals surface area (Å²) in [5.74, 6) is -0.0404. The monoisotopic (exact) mass is 353 g/mol. The van der Waals surface area contributed by atoms with Crippen LogP contribution in [0.15, 0.2) is 12.1 Å². The van der Waals surface area contributed by atoms with Crippen LogP contribution in [0.1, 0.15) is 21.7 Å². The number of aromatic nitrogens is 1. The van der Waals surface area contributed by atoms with Crippen molar-refractivity contribution >= 4 is 15.9 Å². The van der Waals surface area contributed by atoms with Crippen molar-refractivity contribution in [3.8, 4) is 0 Å². The second-order valence-corrected chi connectivity index (χ2v) is 8.62. The number of carbonyl (C=O) groups excluding carboxylic acids is 1. The zero-order valence-electron chi connectivity index (χ0n) is 14.2. The summed E-state index contributed by atoms with van der Waals surface area (Å²) in [5.41, 5.74) is 2.24. The molecule has 2 aliphatic rings. The molecule has 132 valence electrons. The second-order valence-electron chi connectivity index (χ2n) is 6.64. The number of pyridine rings is 1. The van der Waals surface area contributed by atoms with Gasteiger partial charge >= 0.3 is 0 Å². The standard InChI is InChI=1S/C16H23N3O4S/c1-11-6-13(7-12(2)17-11)16(20)18-8-14-9-19(24(3,21)22)4-5-23-15(14)10-18/h6-7,14-15H,4-5,8-10H2,1-3H3/t14-,15-/m1/s1. The van der Waals surface area contributed by atoms with Crippen molar-refractivity contribution in [1.82, 2.24) is 14.2 Å². The average Bonchev–Trinajstić information content (AvgIpc) is 2.76. The van der Waals surface area contributed by atoms with E-state index in [1.54, 1.807) is 17.0 Å². The Hall–Kier alpha value is -1.51. The van der Waals surface area contributed by atoms with Gasteiger partial charge in [0, 0.05) is 49.0 Å². The number of sulfonamides is 1. The van der Waals surface area contributed by atoms with Crippen LogP contribution in [0.25, 0.3) is 0 Å². The van der Waals surface area contributed by atoms with E-state index in [2.05, 4.69) is 4.98 Å². The van der Waals surface area contributed by atoms with Crippen molar-refractivity contribution < 1.29 is 17.9 Å². The highest BCUT2D eigenvalue weighted by Gasteiger charge is 2.40. The smallest absolute Gasteiger partial charge is 0.254 e. The first-order chi connectivity index (χ1) is 11.2. The maximum Gasteiger partial charge on any atom is 0.254 e. The first-order valence-corrected chi connectivity index (χ1v) is 9.90. The van der Waals surface area contributed by atoms with Crippen LogP contribution < -0.4 is 0 Å². The molecule has 7 nitrogen and oxygen atoms in total. The number of amides is 1. The van der Waals surface area contributed by atoms with Gasteiger partial charge in [-0.25, -0.2) is 8.42 Å². The molecule has 3 heterocycles. The lowest BCUT2D eigenvalue weighted by atomic mass is 10.1. The van der Waals surface area contributed by atoms with E-state index in [0.29, 0.717) is 38.3 Å². The molecule has 0 unspecified atom stereocenters. The Balaban J connectivity index is 1.75. The van der Waals surface area contributed by atoms with E-state index in [1.807, 2.05) is 13.8 Å². The SMILES string of the molecule is Cc1cc(C(=O)N2C[C@@H]3CN(S(C)(=O)=O)CCO[C@@H]3C2)cc(C)n1. The minimum Gasteiger partial charge on any atom is -0.375 e. The Morgan fingerprint density at radius 3 is 2.50 bits per heavy atom. The third-order valence-corrected chi connectivity index (χ3v) is 5.85. The molecule has 1 amide bonds. The maximum atomic E-state index is 12.8. The lowest BCUT2D eigenvalue weighted by Gasteiger charge is -2.21. The number of ether oxygens (including phenoxy) is 1. The van der Waals surface area contributed by atoms with Gasteiger partial charge in [-0.3, -0.25) is 9.78 Å². The van der Waals surface area contributed by atoms with Gasteiger partial charge in [-0.1, -0.05) is 0 Å². The van der Waals surface area contributed by atoms with E-state index in [9.17, 15) is 13.2 Å². The molecule has 2 atom stereocenters.